The first-order valence-corrected chi connectivity index (χ1v) is 2.24. The molecule has 0 amide bonds. The van der Waals surface area contributed by atoms with Crippen molar-refractivity contribution in [1.29, 1.82) is 0 Å². The molecule has 0 unspecified atom stereocenters. The van der Waals surface area contributed by atoms with Gasteiger partial charge in [-0.3, -0.25) is 9.59 Å². The van der Waals surface area contributed by atoms with Crippen LogP contribution >= 0.6 is 0 Å². The third-order valence-electron chi connectivity index (χ3n) is 0.712. The first kappa shape index (κ1) is 12.6. The molecule has 4 N–H and O–H groups in total. The van der Waals surface area contributed by atoms with E-state index in [1.165, 1.54) is 0 Å². The van der Waals surface area contributed by atoms with Crippen LogP contribution in [0.3, 0.4) is 0 Å². The zero-order chi connectivity index (χ0) is 7.44. The van der Waals surface area contributed by atoms with Crippen molar-refractivity contribution < 1.29 is 50.8 Å². The molecule has 0 bridgehead atoms. The Labute approximate surface area is 81.0 Å². The molecule has 0 saturated heterocycles. The van der Waals surface area contributed by atoms with E-state index in [2.05, 4.69) is 0 Å². The number of nitrogens with two attached hydrogens (primary N) is 1. The van der Waals surface area contributed by atoms with Gasteiger partial charge in [0.1, 0.15) is 6.04 Å². The van der Waals surface area contributed by atoms with Gasteiger partial charge in [0, 0.05) is 0 Å². The molecule has 1 atom stereocenters. The van der Waals surface area contributed by atoms with Crippen LogP contribution in [0.1, 0.15) is 7.85 Å². The third kappa shape index (κ3) is 6.03. The van der Waals surface area contributed by atoms with Crippen LogP contribution in [0.15, 0.2) is 0 Å². The molecule has 10 heavy (non-hydrogen) atoms. The molecule has 0 spiro atoms. The predicted molar refractivity (Wildman–Crippen MR) is 29.0 cm³/mol. The molecule has 0 radical (unpaired) electrons. The number of hydrogen-bond acceptors (Lipinski definition) is 3. The molecule has 5 nitrogen and oxygen atoms in total. The van der Waals surface area contributed by atoms with Gasteiger partial charge in [-0.1, -0.05) is 0 Å². The van der Waals surface area contributed by atoms with Gasteiger partial charge < -0.3 is 17.4 Å². The van der Waals surface area contributed by atoms with Gasteiger partial charge in [0.05, 0.1) is 6.42 Å². The zero-order valence-electron chi connectivity index (χ0n) is 6.57. The molecule has 0 aromatic heterocycles. The van der Waals surface area contributed by atoms with Gasteiger partial charge >= 0.3 is 41.5 Å². The van der Waals surface area contributed by atoms with Gasteiger partial charge in [-0.05, 0) is 0 Å². The Morgan fingerprint density at radius 1 is 1.50 bits per heavy atom. The van der Waals surface area contributed by atoms with Crippen LogP contribution in [-0.4, -0.2) is 28.2 Å². The fraction of sp³-hybridized carbons (Fsp3) is 0.500. The van der Waals surface area contributed by atoms with Crippen molar-refractivity contribution in [3.63, 3.8) is 0 Å². The summed E-state index contributed by atoms with van der Waals surface area (Å²) >= 11 is 0. The predicted octanol–water partition coefficient (Wildman–Crippen LogP) is -4.01. The minimum atomic E-state index is -1.29. The smallest absolute Gasteiger partial charge is 1.00 e. The topological polar surface area (TPSA) is 101 Å². The number of carboxylic acid groups (broad SMARTS) is 2. The molecule has 0 aliphatic carbocycles. The van der Waals surface area contributed by atoms with Gasteiger partial charge in [-0.25, -0.2) is 0 Å². The fourth-order valence-corrected chi connectivity index (χ4v) is 0.275. The number of aliphatic carboxylic acids is 2. The van der Waals surface area contributed by atoms with Gasteiger partial charge in [-0.15, -0.1) is 0 Å². The minimum absolute atomic E-state index is 0. The molecule has 0 aromatic carbocycles. The van der Waals surface area contributed by atoms with Crippen molar-refractivity contribution in [3.05, 3.63) is 0 Å². The molecule has 0 heterocycles. The van der Waals surface area contributed by atoms with Crippen LogP contribution < -0.4 is 35.3 Å². The Balaban J connectivity index is -0.000000320. The summed E-state index contributed by atoms with van der Waals surface area (Å²) in [5.41, 5.74) is 4.84. The van der Waals surface area contributed by atoms with E-state index >= 15 is 0 Å². The molecule has 0 aliphatic heterocycles. The first-order chi connectivity index (χ1) is 4.04. The minimum Gasteiger partial charge on any atom is -1.00 e. The molecule has 0 aliphatic rings. The van der Waals surface area contributed by atoms with Crippen molar-refractivity contribution in [2.75, 3.05) is 0 Å². The standard InChI is InChI=1S/C4H7NO4.Na.H/c5-2(4(8)9)1-3(6)7;;/h2H,1,5H2,(H,6,7)(H,8,9);;/q;+1;-1/t2-;;/m0../s1. The van der Waals surface area contributed by atoms with E-state index < -0.39 is 24.4 Å². The number of carbonyl (C=O) groups is 2. The summed E-state index contributed by atoms with van der Waals surface area (Å²) in [7, 11) is 0. The van der Waals surface area contributed by atoms with Gasteiger partial charge in [0.25, 0.3) is 0 Å². The van der Waals surface area contributed by atoms with E-state index in [1.54, 1.807) is 0 Å². The maximum absolute atomic E-state index is 9.85. The molecular formula is C4H8NNaO4. The molecule has 0 rings (SSSR count). The van der Waals surface area contributed by atoms with Crippen LogP contribution in [0.25, 0.3) is 0 Å². The van der Waals surface area contributed by atoms with Crippen molar-refractivity contribution in [1.82, 2.24) is 0 Å². The second-order valence-corrected chi connectivity index (χ2v) is 1.54. The fourth-order valence-electron chi connectivity index (χ4n) is 0.275. The number of hydrogen-bond donors (Lipinski definition) is 3. The number of rotatable bonds is 3. The molecule has 6 heteroatoms. The summed E-state index contributed by atoms with van der Waals surface area (Å²) in [5.74, 6) is -2.50. The van der Waals surface area contributed by atoms with Crippen LogP contribution in [0.4, 0.5) is 0 Å². The van der Waals surface area contributed by atoms with Crippen LogP contribution in [0, 0.1) is 0 Å². The monoisotopic (exact) mass is 157 g/mol. The average molecular weight is 157 g/mol. The van der Waals surface area contributed by atoms with Crippen molar-refractivity contribution in [2.45, 2.75) is 12.5 Å². The maximum Gasteiger partial charge on any atom is 1.00 e. The summed E-state index contributed by atoms with van der Waals surface area (Å²) in [6, 6.07) is -1.29. The second kappa shape index (κ2) is 5.67. The molecule has 0 fully saturated rings. The van der Waals surface area contributed by atoms with Crippen molar-refractivity contribution >= 4 is 11.9 Å². The van der Waals surface area contributed by atoms with E-state index in [9.17, 15) is 9.59 Å². The van der Waals surface area contributed by atoms with E-state index in [1.807, 2.05) is 0 Å². The largest absolute Gasteiger partial charge is 1.00 e. The van der Waals surface area contributed by atoms with Crippen molar-refractivity contribution in [3.8, 4) is 0 Å². The number of carboxylic acids is 2. The molecule has 0 saturated carbocycles. The average Bonchev–Trinajstić information content (AvgIpc) is 1.63. The SMILES string of the molecule is N[C@@H](CC(=O)O)C(=O)O.[H-].[Na+]. The maximum atomic E-state index is 9.85. The Hall–Kier alpha value is -0.100. The van der Waals surface area contributed by atoms with E-state index in [4.69, 9.17) is 15.9 Å². The van der Waals surface area contributed by atoms with E-state index in [0.29, 0.717) is 0 Å². The Kier molecular flexibility index (Phi) is 7.12. The normalized spacial score (nSPS) is 11.3. The van der Waals surface area contributed by atoms with Crippen LogP contribution in [-0.2, 0) is 9.59 Å². The van der Waals surface area contributed by atoms with Crippen molar-refractivity contribution in [2.24, 2.45) is 5.73 Å². The summed E-state index contributed by atoms with van der Waals surface area (Å²) in [5, 5.41) is 16.0. The summed E-state index contributed by atoms with van der Waals surface area (Å²) in [6.45, 7) is 0. The molecular weight excluding hydrogens is 149 g/mol. The van der Waals surface area contributed by atoms with Gasteiger partial charge in [0.15, 0.2) is 0 Å². The van der Waals surface area contributed by atoms with E-state index in [0.717, 1.165) is 0 Å². The Morgan fingerprint density at radius 2 is 1.90 bits per heavy atom. The Bertz CT molecular complexity index is 142. The van der Waals surface area contributed by atoms with E-state index in [-0.39, 0.29) is 31.0 Å². The molecule has 54 valence electrons. The van der Waals surface area contributed by atoms with Crippen LogP contribution in [0.2, 0.25) is 0 Å². The summed E-state index contributed by atoms with van der Waals surface area (Å²) < 4.78 is 0. The first-order valence-electron chi connectivity index (χ1n) is 2.24. The van der Waals surface area contributed by atoms with Gasteiger partial charge in [-0.2, -0.15) is 0 Å². The molecule has 0 aromatic rings. The zero-order valence-corrected chi connectivity index (χ0v) is 7.57. The third-order valence-corrected chi connectivity index (χ3v) is 0.712. The van der Waals surface area contributed by atoms with Crippen LogP contribution in [0.5, 0.6) is 0 Å². The quantitative estimate of drug-likeness (QED) is 0.362. The summed E-state index contributed by atoms with van der Waals surface area (Å²) in [6.07, 6.45) is -0.532. The Morgan fingerprint density at radius 3 is 2.00 bits per heavy atom. The second-order valence-electron chi connectivity index (χ2n) is 1.54. The van der Waals surface area contributed by atoms with Gasteiger partial charge in [0.2, 0.25) is 0 Å². The summed E-state index contributed by atoms with van der Waals surface area (Å²) in [4.78, 5) is 19.6.